The molecule has 0 spiro atoms. The van der Waals surface area contributed by atoms with Gasteiger partial charge in [0.25, 0.3) is 0 Å². The van der Waals surface area contributed by atoms with Gasteiger partial charge in [0.1, 0.15) is 0 Å². The van der Waals surface area contributed by atoms with E-state index in [1.54, 1.807) is 6.08 Å². The lowest BCUT2D eigenvalue weighted by atomic mass is 9.97. The van der Waals surface area contributed by atoms with E-state index in [0.717, 1.165) is 12.8 Å². The summed E-state index contributed by atoms with van der Waals surface area (Å²) in [4.78, 5) is 12.0. The van der Waals surface area contributed by atoms with Gasteiger partial charge in [-0.05, 0) is 18.8 Å². The van der Waals surface area contributed by atoms with Crippen molar-refractivity contribution in [2.75, 3.05) is 19.7 Å². The molecule has 1 amide bonds. The SMILES string of the molecule is O=C(O)N1CCC(C=CCO)CC1. The molecule has 0 bridgehead atoms. The van der Waals surface area contributed by atoms with Gasteiger partial charge in [-0.25, -0.2) is 4.79 Å². The van der Waals surface area contributed by atoms with Crippen LogP contribution in [0.1, 0.15) is 12.8 Å². The number of rotatable bonds is 2. The smallest absolute Gasteiger partial charge is 0.407 e. The van der Waals surface area contributed by atoms with Crippen LogP contribution in [0.4, 0.5) is 4.79 Å². The van der Waals surface area contributed by atoms with Crippen molar-refractivity contribution in [1.82, 2.24) is 4.90 Å². The third kappa shape index (κ3) is 3.06. The fourth-order valence-electron chi connectivity index (χ4n) is 1.54. The second kappa shape index (κ2) is 4.87. The van der Waals surface area contributed by atoms with Crippen molar-refractivity contribution in [2.24, 2.45) is 5.92 Å². The van der Waals surface area contributed by atoms with E-state index in [1.165, 1.54) is 4.90 Å². The number of hydrogen-bond acceptors (Lipinski definition) is 2. The van der Waals surface area contributed by atoms with Crippen molar-refractivity contribution in [3.8, 4) is 0 Å². The van der Waals surface area contributed by atoms with Crippen LogP contribution in [0, 0.1) is 5.92 Å². The van der Waals surface area contributed by atoms with Gasteiger partial charge < -0.3 is 15.1 Å². The van der Waals surface area contributed by atoms with Crippen LogP contribution in [0.25, 0.3) is 0 Å². The van der Waals surface area contributed by atoms with Crippen LogP contribution >= 0.6 is 0 Å². The van der Waals surface area contributed by atoms with Crippen LogP contribution in [0.5, 0.6) is 0 Å². The molecule has 1 saturated heterocycles. The van der Waals surface area contributed by atoms with Crippen molar-refractivity contribution < 1.29 is 15.0 Å². The summed E-state index contributed by atoms with van der Waals surface area (Å²) in [7, 11) is 0. The van der Waals surface area contributed by atoms with Gasteiger partial charge >= 0.3 is 6.09 Å². The van der Waals surface area contributed by atoms with E-state index in [4.69, 9.17) is 10.2 Å². The van der Waals surface area contributed by atoms with Gasteiger partial charge in [-0.2, -0.15) is 0 Å². The number of carboxylic acid groups (broad SMARTS) is 1. The van der Waals surface area contributed by atoms with Crippen LogP contribution < -0.4 is 0 Å². The number of amides is 1. The van der Waals surface area contributed by atoms with Crippen molar-refractivity contribution in [3.05, 3.63) is 12.2 Å². The molecular weight excluding hydrogens is 170 g/mol. The molecule has 0 aromatic rings. The first-order valence-electron chi connectivity index (χ1n) is 4.49. The summed E-state index contributed by atoms with van der Waals surface area (Å²) in [6, 6.07) is 0. The summed E-state index contributed by atoms with van der Waals surface area (Å²) in [5, 5.41) is 17.2. The molecule has 0 unspecified atom stereocenters. The van der Waals surface area contributed by atoms with Crippen LogP contribution in [0.3, 0.4) is 0 Å². The Labute approximate surface area is 77.5 Å². The minimum absolute atomic E-state index is 0.0686. The fourth-order valence-corrected chi connectivity index (χ4v) is 1.54. The Hall–Kier alpha value is -1.03. The van der Waals surface area contributed by atoms with Crippen LogP contribution in [-0.2, 0) is 0 Å². The normalized spacial score (nSPS) is 19.6. The zero-order valence-electron chi connectivity index (χ0n) is 7.52. The maximum atomic E-state index is 10.5. The Bertz CT molecular complexity index is 195. The van der Waals surface area contributed by atoms with Crippen LogP contribution in [-0.4, -0.2) is 40.9 Å². The maximum absolute atomic E-state index is 10.5. The second-order valence-corrected chi connectivity index (χ2v) is 3.22. The van der Waals surface area contributed by atoms with Crippen LogP contribution in [0.15, 0.2) is 12.2 Å². The molecular formula is C9H15NO3. The first-order valence-corrected chi connectivity index (χ1v) is 4.49. The van der Waals surface area contributed by atoms with Gasteiger partial charge in [-0.1, -0.05) is 12.2 Å². The summed E-state index contributed by atoms with van der Waals surface area (Å²) in [6.45, 7) is 1.28. The molecule has 13 heavy (non-hydrogen) atoms. The van der Waals surface area contributed by atoms with E-state index in [1.807, 2.05) is 6.08 Å². The van der Waals surface area contributed by atoms with Gasteiger partial charge in [-0.15, -0.1) is 0 Å². The number of piperidine rings is 1. The van der Waals surface area contributed by atoms with Gasteiger partial charge in [0.15, 0.2) is 0 Å². The maximum Gasteiger partial charge on any atom is 0.407 e. The summed E-state index contributed by atoms with van der Waals surface area (Å²) in [5.74, 6) is 0.433. The number of nitrogens with zero attached hydrogens (tertiary/aromatic N) is 1. The zero-order chi connectivity index (χ0) is 9.68. The zero-order valence-corrected chi connectivity index (χ0v) is 7.52. The van der Waals surface area contributed by atoms with E-state index >= 15 is 0 Å². The summed E-state index contributed by atoms with van der Waals surface area (Å²) in [5.41, 5.74) is 0. The Morgan fingerprint density at radius 3 is 2.54 bits per heavy atom. The van der Waals surface area contributed by atoms with Crippen molar-refractivity contribution in [1.29, 1.82) is 0 Å². The Morgan fingerprint density at radius 1 is 1.46 bits per heavy atom. The largest absolute Gasteiger partial charge is 0.465 e. The number of carbonyl (C=O) groups is 1. The predicted molar refractivity (Wildman–Crippen MR) is 48.5 cm³/mol. The summed E-state index contributed by atoms with van der Waals surface area (Å²) >= 11 is 0. The van der Waals surface area contributed by atoms with Crippen LogP contribution in [0.2, 0.25) is 0 Å². The van der Waals surface area contributed by atoms with Gasteiger partial charge in [0.2, 0.25) is 0 Å². The van der Waals surface area contributed by atoms with Gasteiger partial charge in [-0.3, -0.25) is 0 Å². The molecule has 1 aliphatic heterocycles. The minimum Gasteiger partial charge on any atom is -0.465 e. The molecule has 0 aromatic carbocycles. The monoisotopic (exact) mass is 185 g/mol. The van der Waals surface area contributed by atoms with Gasteiger partial charge in [0.05, 0.1) is 6.61 Å². The molecule has 4 heteroatoms. The predicted octanol–water partition coefficient (Wildman–Crippen LogP) is 0.925. The number of hydrogen-bond donors (Lipinski definition) is 2. The highest BCUT2D eigenvalue weighted by Crippen LogP contribution is 2.17. The molecule has 1 fully saturated rings. The molecule has 0 aliphatic carbocycles. The molecule has 4 nitrogen and oxygen atoms in total. The number of likely N-dealkylation sites (tertiary alicyclic amines) is 1. The van der Waals surface area contributed by atoms with Gasteiger partial charge in [0, 0.05) is 13.1 Å². The second-order valence-electron chi connectivity index (χ2n) is 3.22. The van der Waals surface area contributed by atoms with Crippen molar-refractivity contribution in [3.63, 3.8) is 0 Å². The highest BCUT2D eigenvalue weighted by molar-refractivity contribution is 5.64. The Balaban J connectivity index is 2.30. The minimum atomic E-state index is -0.829. The van der Waals surface area contributed by atoms with Crippen molar-refractivity contribution in [2.45, 2.75) is 12.8 Å². The van der Waals surface area contributed by atoms with E-state index in [2.05, 4.69) is 0 Å². The molecule has 0 radical (unpaired) electrons. The fraction of sp³-hybridized carbons (Fsp3) is 0.667. The van der Waals surface area contributed by atoms with E-state index in [-0.39, 0.29) is 6.61 Å². The lowest BCUT2D eigenvalue weighted by Gasteiger charge is -2.28. The highest BCUT2D eigenvalue weighted by atomic mass is 16.4. The topological polar surface area (TPSA) is 60.8 Å². The molecule has 1 heterocycles. The third-order valence-corrected chi connectivity index (χ3v) is 2.32. The highest BCUT2D eigenvalue weighted by Gasteiger charge is 2.19. The summed E-state index contributed by atoms with van der Waals surface area (Å²) in [6.07, 6.45) is 4.59. The quantitative estimate of drug-likeness (QED) is 0.629. The number of aliphatic hydroxyl groups excluding tert-OH is 1. The molecule has 2 N–H and O–H groups in total. The molecule has 74 valence electrons. The lowest BCUT2D eigenvalue weighted by Crippen LogP contribution is -2.37. The average molecular weight is 185 g/mol. The molecule has 1 rings (SSSR count). The molecule has 1 aliphatic rings. The number of allylic oxidation sites excluding steroid dienone is 1. The van der Waals surface area contributed by atoms with E-state index in [9.17, 15) is 4.79 Å². The Morgan fingerprint density at radius 2 is 2.08 bits per heavy atom. The lowest BCUT2D eigenvalue weighted by molar-refractivity contribution is 0.129. The third-order valence-electron chi connectivity index (χ3n) is 2.32. The number of aliphatic hydroxyl groups is 1. The van der Waals surface area contributed by atoms with E-state index < -0.39 is 6.09 Å². The molecule has 0 saturated carbocycles. The van der Waals surface area contributed by atoms with E-state index in [0.29, 0.717) is 19.0 Å². The molecule has 0 atom stereocenters. The summed E-state index contributed by atoms with van der Waals surface area (Å²) < 4.78 is 0. The first kappa shape index (κ1) is 10.1. The Kier molecular flexibility index (Phi) is 3.76. The van der Waals surface area contributed by atoms with Crippen molar-refractivity contribution >= 4 is 6.09 Å². The first-order chi connectivity index (χ1) is 6.24. The molecule has 0 aromatic heterocycles. The average Bonchev–Trinajstić information content (AvgIpc) is 2.15. The standard InChI is InChI=1S/C9H15NO3/c11-7-1-2-8-3-5-10(6-4-8)9(12)13/h1-2,8,11H,3-7H2,(H,12,13).